The van der Waals surface area contributed by atoms with Crippen molar-refractivity contribution in [3.05, 3.63) is 94.6 Å². The number of Topliss-reactive ketones (excluding diaryl/α,β-unsaturated/α-hetero) is 1. The third-order valence-corrected chi connectivity index (χ3v) is 6.95. The fourth-order valence-corrected chi connectivity index (χ4v) is 5.51. The number of carbonyl (C=O) groups excluding carboxylic acids is 2. The summed E-state index contributed by atoms with van der Waals surface area (Å²) in [6.45, 7) is 3.98. The van der Waals surface area contributed by atoms with E-state index in [2.05, 4.69) is 0 Å². The van der Waals surface area contributed by atoms with Crippen molar-refractivity contribution in [3.63, 3.8) is 0 Å². The maximum Gasteiger partial charge on any atom is 0.301 e. The number of fused-ring (bicyclic) bond motifs is 1. The lowest BCUT2D eigenvalue weighted by Crippen LogP contribution is -2.29. The molecule has 1 saturated heterocycles. The Morgan fingerprint density at radius 1 is 1.03 bits per heavy atom. The maximum absolute atomic E-state index is 13.4. The Kier molecular flexibility index (Phi) is 5.42. The Morgan fingerprint density at radius 3 is 2.41 bits per heavy atom. The molecule has 1 aliphatic heterocycles. The van der Waals surface area contributed by atoms with Crippen LogP contribution in [-0.4, -0.2) is 28.9 Å². The standard InChI is InChI=1S/C27H22N2O4S/c1-15-13-16(2)22-20(14-15)34-27(28-22)29-23(17-9-11-19(33-3)12-10-17)21(25(31)26(29)32)24(30)18-7-5-4-6-8-18/h4-14,23,30H,1-3H3/b24-21+. The molecule has 2 heterocycles. The third-order valence-electron chi connectivity index (χ3n) is 5.95. The number of nitrogens with zero attached hydrogens (tertiary/aromatic N) is 2. The highest BCUT2D eigenvalue weighted by Gasteiger charge is 2.48. The molecule has 0 bridgehead atoms. The van der Waals surface area contributed by atoms with Gasteiger partial charge in [0, 0.05) is 5.56 Å². The van der Waals surface area contributed by atoms with Gasteiger partial charge in [-0.1, -0.05) is 59.9 Å². The van der Waals surface area contributed by atoms with Gasteiger partial charge >= 0.3 is 5.91 Å². The van der Waals surface area contributed by atoms with Gasteiger partial charge in [-0.05, 0) is 48.7 Å². The molecular formula is C27H22N2O4S. The van der Waals surface area contributed by atoms with Gasteiger partial charge in [0.2, 0.25) is 0 Å². The third kappa shape index (κ3) is 3.54. The van der Waals surface area contributed by atoms with Gasteiger partial charge < -0.3 is 9.84 Å². The van der Waals surface area contributed by atoms with Crippen LogP contribution in [0, 0.1) is 13.8 Å². The second kappa shape index (κ2) is 8.43. The van der Waals surface area contributed by atoms with Crippen LogP contribution < -0.4 is 9.64 Å². The number of rotatable bonds is 4. The zero-order valence-corrected chi connectivity index (χ0v) is 19.7. The van der Waals surface area contributed by atoms with Crippen LogP contribution >= 0.6 is 11.3 Å². The van der Waals surface area contributed by atoms with Crippen molar-refractivity contribution >= 4 is 44.1 Å². The Morgan fingerprint density at radius 2 is 1.74 bits per heavy atom. The van der Waals surface area contributed by atoms with E-state index in [1.807, 2.05) is 32.0 Å². The van der Waals surface area contributed by atoms with Gasteiger partial charge in [0.25, 0.3) is 5.78 Å². The van der Waals surface area contributed by atoms with E-state index in [0.29, 0.717) is 22.0 Å². The van der Waals surface area contributed by atoms with E-state index in [0.717, 1.165) is 21.3 Å². The summed E-state index contributed by atoms with van der Waals surface area (Å²) in [5.41, 5.74) is 4.06. The molecule has 1 atom stereocenters. The predicted molar refractivity (Wildman–Crippen MR) is 133 cm³/mol. The summed E-state index contributed by atoms with van der Waals surface area (Å²) in [6, 6.07) is 19.1. The van der Waals surface area contributed by atoms with E-state index in [4.69, 9.17) is 9.72 Å². The summed E-state index contributed by atoms with van der Waals surface area (Å²) in [4.78, 5) is 32.8. The summed E-state index contributed by atoms with van der Waals surface area (Å²) in [7, 11) is 1.57. The first-order chi connectivity index (χ1) is 16.4. The number of hydrogen-bond donors (Lipinski definition) is 1. The zero-order valence-electron chi connectivity index (χ0n) is 18.9. The molecule has 1 aliphatic rings. The van der Waals surface area contributed by atoms with E-state index in [1.165, 1.54) is 16.2 Å². The summed E-state index contributed by atoms with van der Waals surface area (Å²) < 4.78 is 6.21. The number of aromatic nitrogens is 1. The van der Waals surface area contributed by atoms with Gasteiger partial charge in [-0.15, -0.1) is 0 Å². The molecule has 170 valence electrons. The number of ketones is 1. The highest BCUT2D eigenvalue weighted by molar-refractivity contribution is 7.22. The fourth-order valence-electron chi connectivity index (χ4n) is 4.34. The summed E-state index contributed by atoms with van der Waals surface area (Å²) in [5, 5.41) is 11.6. The monoisotopic (exact) mass is 470 g/mol. The van der Waals surface area contributed by atoms with Crippen molar-refractivity contribution in [2.45, 2.75) is 19.9 Å². The molecule has 0 saturated carbocycles. The molecule has 34 heavy (non-hydrogen) atoms. The smallest absolute Gasteiger partial charge is 0.301 e. The Labute approximate surface area is 200 Å². The predicted octanol–water partition coefficient (Wildman–Crippen LogP) is 5.55. The number of methoxy groups -OCH3 is 1. The number of ether oxygens (including phenoxy) is 1. The van der Waals surface area contributed by atoms with Crippen molar-refractivity contribution in [3.8, 4) is 5.75 Å². The Hall–Kier alpha value is -3.97. The van der Waals surface area contributed by atoms with E-state index in [9.17, 15) is 14.7 Å². The first-order valence-electron chi connectivity index (χ1n) is 10.8. The van der Waals surface area contributed by atoms with Gasteiger partial charge in [-0.2, -0.15) is 0 Å². The van der Waals surface area contributed by atoms with Gasteiger partial charge in [0.1, 0.15) is 11.5 Å². The van der Waals surface area contributed by atoms with Gasteiger partial charge in [0.05, 0.1) is 28.9 Å². The number of amides is 1. The number of hydrogen-bond acceptors (Lipinski definition) is 6. The van der Waals surface area contributed by atoms with E-state index >= 15 is 0 Å². The SMILES string of the molecule is COc1ccc(C2/C(=C(\O)c3ccccc3)C(=O)C(=O)N2c2nc3c(C)cc(C)cc3s2)cc1. The molecule has 1 amide bonds. The molecule has 1 N–H and O–H groups in total. The van der Waals surface area contributed by atoms with Crippen molar-refractivity contribution in [1.82, 2.24) is 4.98 Å². The first kappa shape index (κ1) is 21.9. The topological polar surface area (TPSA) is 79.7 Å². The normalized spacial score (nSPS) is 17.5. The van der Waals surface area contributed by atoms with Crippen LogP contribution in [0.2, 0.25) is 0 Å². The number of thiazole rings is 1. The molecule has 1 aromatic heterocycles. The van der Waals surface area contributed by atoms with E-state index in [-0.39, 0.29) is 11.3 Å². The number of benzene rings is 3. The Balaban J connectivity index is 1.74. The molecule has 3 aromatic carbocycles. The van der Waals surface area contributed by atoms with Gasteiger partial charge in [0.15, 0.2) is 5.13 Å². The van der Waals surface area contributed by atoms with Crippen LogP contribution in [0.1, 0.15) is 28.3 Å². The van der Waals surface area contributed by atoms with Gasteiger partial charge in [-0.3, -0.25) is 14.5 Å². The highest BCUT2D eigenvalue weighted by atomic mass is 32.1. The number of carbonyl (C=O) groups is 2. The molecule has 0 radical (unpaired) electrons. The number of aliphatic hydroxyl groups is 1. The van der Waals surface area contributed by atoms with Crippen LogP contribution in [0.3, 0.4) is 0 Å². The van der Waals surface area contributed by atoms with Crippen molar-refractivity contribution < 1.29 is 19.4 Å². The summed E-state index contributed by atoms with van der Waals surface area (Å²) in [6.07, 6.45) is 0. The summed E-state index contributed by atoms with van der Waals surface area (Å²) >= 11 is 1.36. The average molecular weight is 471 g/mol. The Bertz CT molecular complexity index is 1460. The molecule has 0 aliphatic carbocycles. The molecule has 6 nitrogen and oxygen atoms in total. The molecule has 1 fully saturated rings. The minimum absolute atomic E-state index is 0.0357. The quantitative estimate of drug-likeness (QED) is 0.240. The summed E-state index contributed by atoms with van der Waals surface area (Å²) in [5.74, 6) is -1.02. The van der Waals surface area contributed by atoms with Gasteiger partial charge in [-0.25, -0.2) is 4.98 Å². The second-order valence-corrected chi connectivity index (χ2v) is 9.24. The minimum atomic E-state index is -0.826. The van der Waals surface area contributed by atoms with Crippen LogP contribution in [0.15, 0.2) is 72.3 Å². The van der Waals surface area contributed by atoms with Crippen LogP contribution in [0.5, 0.6) is 5.75 Å². The minimum Gasteiger partial charge on any atom is -0.507 e. The van der Waals surface area contributed by atoms with Crippen LogP contribution in [0.25, 0.3) is 16.0 Å². The molecule has 1 unspecified atom stereocenters. The lowest BCUT2D eigenvalue weighted by atomic mass is 9.95. The molecule has 0 spiro atoms. The molecular weight excluding hydrogens is 448 g/mol. The average Bonchev–Trinajstić information content (AvgIpc) is 3.38. The number of aliphatic hydroxyl groups excluding tert-OH is 1. The lowest BCUT2D eigenvalue weighted by Gasteiger charge is -2.23. The molecule has 7 heteroatoms. The largest absolute Gasteiger partial charge is 0.507 e. The van der Waals surface area contributed by atoms with Crippen LogP contribution in [-0.2, 0) is 9.59 Å². The molecule has 5 rings (SSSR count). The number of aryl methyl sites for hydroxylation is 2. The first-order valence-corrected chi connectivity index (χ1v) is 11.6. The fraction of sp³-hybridized carbons (Fsp3) is 0.148. The van der Waals surface area contributed by atoms with Crippen LogP contribution in [0.4, 0.5) is 5.13 Å². The van der Waals surface area contributed by atoms with Crippen molar-refractivity contribution in [1.29, 1.82) is 0 Å². The van der Waals surface area contributed by atoms with Crippen molar-refractivity contribution in [2.24, 2.45) is 0 Å². The van der Waals surface area contributed by atoms with E-state index in [1.54, 1.807) is 55.6 Å². The maximum atomic E-state index is 13.4. The molecule has 4 aromatic rings. The highest BCUT2D eigenvalue weighted by Crippen LogP contribution is 2.44. The number of anilines is 1. The van der Waals surface area contributed by atoms with E-state index < -0.39 is 17.7 Å². The second-order valence-electron chi connectivity index (χ2n) is 8.23. The zero-order chi connectivity index (χ0) is 24.0. The lowest BCUT2D eigenvalue weighted by molar-refractivity contribution is -0.132. The van der Waals surface area contributed by atoms with Crippen molar-refractivity contribution in [2.75, 3.05) is 12.0 Å².